The van der Waals surface area contributed by atoms with E-state index in [1.165, 1.54) is 0 Å². The van der Waals surface area contributed by atoms with Gasteiger partial charge in [0.1, 0.15) is 0 Å². The SMILES string of the molecule is Cc1ccc(S(=O)(=O)OC[C@@H](C)[C@@H]2COC(C)(C)O2)cc1. The molecule has 1 aliphatic heterocycles. The molecule has 0 amide bonds. The van der Waals surface area contributed by atoms with Gasteiger partial charge in [0.2, 0.25) is 0 Å². The van der Waals surface area contributed by atoms with Gasteiger partial charge < -0.3 is 9.47 Å². The van der Waals surface area contributed by atoms with Gasteiger partial charge in [0, 0.05) is 5.92 Å². The van der Waals surface area contributed by atoms with Crippen LogP contribution >= 0.6 is 0 Å². The van der Waals surface area contributed by atoms with Crippen molar-refractivity contribution in [2.45, 2.75) is 44.5 Å². The minimum absolute atomic E-state index is 0.0698. The molecule has 5 nitrogen and oxygen atoms in total. The lowest BCUT2D eigenvalue weighted by molar-refractivity contribution is -0.144. The van der Waals surface area contributed by atoms with E-state index in [2.05, 4.69) is 0 Å². The second kappa shape index (κ2) is 6.04. The number of rotatable bonds is 5. The molecule has 1 saturated heterocycles. The molecule has 1 fully saturated rings. The first-order valence-electron chi connectivity index (χ1n) is 6.97. The summed E-state index contributed by atoms with van der Waals surface area (Å²) in [4.78, 5) is 0.171. The lowest BCUT2D eigenvalue weighted by Gasteiger charge is -2.21. The third-order valence-electron chi connectivity index (χ3n) is 3.46. The molecule has 1 aliphatic rings. The van der Waals surface area contributed by atoms with E-state index in [4.69, 9.17) is 13.7 Å². The summed E-state index contributed by atoms with van der Waals surface area (Å²) in [6.45, 7) is 7.98. The van der Waals surface area contributed by atoms with Crippen LogP contribution in [0.5, 0.6) is 0 Å². The van der Waals surface area contributed by atoms with Crippen molar-refractivity contribution in [2.75, 3.05) is 13.2 Å². The van der Waals surface area contributed by atoms with E-state index in [0.717, 1.165) is 5.56 Å². The summed E-state index contributed by atoms with van der Waals surface area (Å²) < 4.78 is 40.5. The van der Waals surface area contributed by atoms with Crippen molar-refractivity contribution in [1.29, 1.82) is 0 Å². The number of hydrogen-bond acceptors (Lipinski definition) is 5. The number of benzene rings is 1. The minimum Gasteiger partial charge on any atom is -0.348 e. The fourth-order valence-electron chi connectivity index (χ4n) is 2.07. The monoisotopic (exact) mass is 314 g/mol. The van der Waals surface area contributed by atoms with Crippen molar-refractivity contribution in [3.05, 3.63) is 29.8 Å². The van der Waals surface area contributed by atoms with Gasteiger partial charge >= 0.3 is 0 Å². The zero-order valence-electron chi connectivity index (χ0n) is 12.8. The second-order valence-corrected chi connectivity index (χ2v) is 7.51. The molecule has 0 saturated carbocycles. The van der Waals surface area contributed by atoms with Crippen molar-refractivity contribution in [3.8, 4) is 0 Å². The quantitative estimate of drug-likeness (QED) is 0.781. The van der Waals surface area contributed by atoms with Crippen LogP contribution in [0.4, 0.5) is 0 Å². The highest BCUT2D eigenvalue weighted by atomic mass is 32.2. The Hall–Kier alpha value is -0.950. The van der Waals surface area contributed by atoms with Crippen molar-refractivity contribution >= 4 is 10.1 Å². The lowest BCUT2D eigenvalue weighted by atomic mass is 10.1. The molecule has 1 aromatic carbocycles. The maximum Gasteiger partial charge on any atom is 0.296 e. The molecular weight excluding hydrogens is 292 g/mol. The molecular formula is C15H22O5S. The van der Waals surface area contributed by atoms with Gasteiger partial charge in [-0.25, -0.2) is 0 Å². The Morgan fingerprint density at radius 3 is 2.48 bits per heavy atom. The number of ether oxygens (including phenoxy) is 2. The van der Waals surface area contributed by atoms with E-state index >= 15 is 0 Å². The first-order valence-corrected chi connectivity index (χ1v) is 8.38. The normalized spacial score (nSPS) is 23.1. The maximum atomic E-state index is 12.1. The average Bonchev–Trinajstić information content (AvgIpc) is 2.77. The van der Waals surface area contributed by atoms with Crippen LogP contribution in [-0.4, -0.2) is 33.5 Å². The van der Waals surface area contributed by atoms with Gasteiger partial charge in [0.15, 0.2) is 5.79 Å². The molecule has 6 heteroatoms. The maximum absolute atomic E-state index is 12.1. The summed E-state index contributed by atoms with van der Waals surface area (Å²) in [5.74, 6) is -0.693. The molecule has 2 atom stereocenters. The van der Waals surface area contributed by atoms with Crippen molar-refractivity contribution < 1.29 is 22.1 Å². The number of aryl methyl sites for hydroxylation is 1. The Labute approximate surface area is 126 Å². The molecule has 0 bridgehead atoms. The Balaban J connectivity index is 1.94. The van der Waals surface area contributed by atoms with Crippen LogP contribution in [0.15, 0.2) is 29.2 Å². The molecule has 1 heterocycles. The fourth-order valence-corrected chi connectivity index (χ4v) is 3.07. The van der Waals surface area contributed by atoms with Crippen LogP contribution in [0.25, 0.3) is 0 Å². The molecule has 0 aromatic heterocycles. The molecule has 0 aliphatic carbocycles. The Kier molecular flexibility index (Phi) is 4.72. The van der Waals surface area contributed by atoms with E-state index in [9.17, 15) is 8.42 Å². The van der Waals surface area contributed by atoms with Crippen LogP contribution in [0.2, 0.25) is 0 Å². The Bertz CT molecular complexity index is 577. The van der Waals surface area contributed by atoms with E-state index in [0.29, 0.717) is 6.61 Å². The topological polar surface area (TPSA) is 61.8 Å². The van der Waals surface area contributed by atoms with E-state index in [1.807, 2.05) is 27.7 Å². The van der Waals surface area contributed by atoms with Crippen LogP contribution in [-0.2, 0) is 23.8 Å². The highest BCUT2D eigenvalue weighted by Crippen LogP contribution is 2.27. The van der Waals surface area contributed by atoms with Gasteiger partial charge in [-0.05, 0) is 32.9 Å². The van der Waals surface area contributed by atoms with Gasteiger partial charge in [-0.1, -0.05) is 24.6 Å². The van der Waals surface area contributed by atoms with Crippen molar-refractivity contribution in [3.63, 3.8) is 0 Å². The van der Waals surface area contributed by atoms with Gasteiger partial charge in [-0.3, -0.25) is 4.18 Å². The molecule has 118 valence electrons. The van der Waals surface area contributed by atoms with Crippen molar-refractivity contribution in [2.24, 2.45) is 5.92 Å². The van der Waals surface area contributed by atoms with Crippen LogP contribution in [0.3, 0.4) is 0 Å². The largest absolute Gasteiger partial charge is 0.348 e. The number of hydrogen-bond donors (Lipinski definition) is 0. The Morgan fingerprint density at radius 1 is 1.33 bits per heavy atom. The minimum atomic E-state index is -3.73. The van der Waals surface area contributed by atoms with Crippen molar-refractivity contribution in [1.82, 2.24) is 0 Å². The fraction of sp³-hybridized carbons (Fsp3) is 0.600. The lowest BCUT2D eigenvalue weighted by Crippen LogP contribution is -2.28. The van der Waals surface area contributed by atoms with Crippen LogP contribution < -0.4 is 0 Å². The summed E-state index contributed by atoms with van der Waals surface area (Å²) in [6.07, 6.45) is -0.159. The second-order valence-electron chi connectivity index (χ2n) is 5.90. The predicted molar refractivity (Wildman–Crippen MR) is 78.4 cm³/mol. The van der Waals surface area contributed by atoms with Gasteiger partial charge in [-0.15, -0.1) is 0 Å². The van der Waals surface area contributed by atoms with Crippen LogP contribution in [0, 0.1) is 12.8 Å². The molecule has 0 N–H and O–H groups in total. The zero-order valence-corrected chi connectivity index (χ0v) is 13.6. The summed E-state index contributed by atoms with van der Waals surface area (Å²) in [6, 6.07) is 6.59. The molecule has 2 rings (SSSR count). The van der Waals surface area contributed by atoms with Gasteiger partial charge in [0.05, 0.1) is 24.2 Å². The zero-order chi connectivity index (χ0) is 15.7. The van der Waals surface area contributed by atoms with Crippen LogP contribution in [0.1, 0.15) is 26.3 Å². The summed E-state index contributed by atoms with van der Waals surface area (Å²) in [5.41, 5.74) is 1.00. The standard InChI is InChI=1S/C15H22O5S/c1-11-5-7-13(8-6-11)21(16,17)19-9-12(2)14-10-18-15(3,4)20-14/h5-8,12,14H,9-10H2,1-4H3/t12-,14+/m1/s1. The molecule has 0 radical (unpaired) electrons. The molecule has 1 aromatic rings. The van der Waals surface area contributed by atoms with E-state index < -0.39 is 15.9 Å². The average molecular weight is 314 g/mol. The smallest absolute Gasteiger partial charge is 0.296 e. The van der Waals surface area contributed by atoms with Gasteiger partial charge in [-0.2, -0.15) is 8.42 Å². The summed E-state index contributed by atoms with van der Waals surface area (Å²) in [7, 11) is -3.73. The highest BCUT2D eigenvalue weighted by molar-refractivity contribution is 7.86. The molecule has 0 unspecified atom stereocenters. The highest BCUT2D eigenvalue weighted by Gasteiger charge is 2.36. The first-order chi connectivity index (χ1) is 9.70. The van der Waals surface area contributed by atoms with Gasteiger partial charge in [0.25, 0.3) is 10.1 Å². The Morgan fingerprint density at radius 2 is 1.95 bits per heavy atom. The summed E-state index contributed by atoms with van der Waals surface area (Å²) in [5, 5.41) is 0. The van der Waals surface area contributed by atoms with E-state index in [1.54, 1.807) is 24.3 Å². The summed E-state index contributed by atoms with van der Waals surface area (Å²) >= 11 is 0. The molecule has 21 heavy (non-hydrogen) atoms. The predicted octanol–water partition coefficient (Wildman–Crippen LogP) is 2.49. The van der Waals surface area contributed by atoms with E-state index in [-0.39, 0.29) is 23.5 Å². The molecule has 0 spiro atoms. The first kappa shape index (κ1) is 16.4. The third-order valence-corrected chi connectivity index (χ3v) is 4.76. The third kappa shape index (κ3) is 4.26.